The molecule has 2 N–H and O–H groups in total. The average molecular weight is 222 g/mol. The molecule has 3 aliphatic rings. The molecule has 0 unspecified atom stereocenters. The van der Waals surface area contributed by atoms with Crippen LogP contribution in [0.1, 0.15) is 6.42 Å². The van der Waals surface area contributed by atoms with Gasteiger partial charge >= 0.3 is 0 Å². The first kappa shape index (κ1) is 10.1. The highest BCUT2D eigenvalue weighted by Crippen LogP contribution is 2.17. The number of likely N-dealkylation sites (tertiary alicyclic amines) is 1. The third-order valence-corrected chi connectivity index (χ3v) is 3.42. The molecule has 0 spiro atoms. The number of hydrogen-bond acceptors (Lipinski definition) is 5. The van der Waals surface area contributed by atoms with Gasteiger partial charge in [-0.25, -0.2) is 4.99 Å². The number of rotatable bonds is 1. The van der Waals surface area contributed by atoms with Crippen LogP contribution >= 0.6 is 0 Å². The van der Waals surface area contributed by atoms with Crippen LogP contribution in [0.15, 0.2) is 17.3 Å². The Morgan fingerprint density at radius 2 is 2.31 bits per heavy atom. The van der Waals surface area contributed by atoms with Crippen molar-refractivity contribution < 1.29 is 4.74 Å². The largest absolute Gasteiger partial charge is 0.379 e. The molecule has 1 atom stereocenters. The lowest BCUT2D eigenvalue weighted by molar-refractivity contribution is 0.167. The predicted molar refractivity (Wildman–Crippen MR) is 62.1 cm³/mol. The van der Waals surface area contributed by atoms with Gasteiger partial charge in [0.1, 0.15) is 12.5 Å². The third-order valence-electron chi connectivity index (χ3n) is 3.42. The predicted octanol–water partition coefficient (Wildman–Crippen LogP) is -0.397. The van der Waals surface area contributed by atoms with E-state index in [2.05, 4.69) is 27.1 Å². The van der Waals surface area contributed by atoms with Gasteiger partial charge in [0.2, 0.25) is 0 Å². The molecule has 0 amide bonds. The van der Waals surface area contributed by atoms with E-state index >= 15 is 0 Å². The quantitative estimate of drug-likeness (QED) is 0.656. The fourth-order valence-electron chi connectivity index (χ4n) is 2.34. The summed E-state index contributed by atoms with van der Waals surface area (Å²) in [5.74, 6) is 1.08. The standard InChI is InChI=1S/C11H18N4O/c12-9-5-15(6-9)11-1-3-14(8-13-11)10-2-4-16-7-10/h1,3,9-10H,2,4-8,12H2/t10-/m1/s1. The second kappa shape index (κ2) is 4.07. The second-order valence-corrected chi connectivity index (χ2v) is 4.67. The van der Waals surface area contributed by atoms with E-state index in [0.717, 1.165) is 45.2 Å². The van der Waals surface area contributed by atoms with Crippen LogP contribution in [-0.4, -0.2) is 60.7 Å². The summed E-state index contributed by atoms with van der Waals surface area (Å²) in [6.07, 6.45) is 5.35. The molecule has 2 saturated heterocycles. The van der Waals surface area contributed by atoms with E-state index in [1.54, 1.807) is 0 Å². The van der Waals surface area contributed by atoms with Gasteiger partial charge in [0.15, 0.2) is 0 Å². The summed E-state index contributed by atoms with van der Waals surface area (Å²) in [5, 5.41) is 0. The molecule has 16 heavy (non-hydrogen) atoms. The van der Waals surface area contributed by atoms with Gasteiger partial charge in [-0.05, 0) is 12.5 Å². The van der Waals surface area contributed by atoms with Crippen LogP contribution < -0.4 is 5.73 Å². The van der Waals surface area contributed by atoms with Crippen molar-refractivity contribution in [3.63, 3.8) is 0 Å². The Labute approximate surface area is 95.6 Å². The number of amidine groups is 1. The summed E-state index contributed by atoms with van der Waals surface area (Å²) in [4.78, 5) is 9.07. The average Bonchev–Trinajstić information content (AvgIpc) is 2.79. The Hall–Kier alpha value is -1.07. The van der Waals surface area contributed by atoms with Crippen molar-refractivity contribution in [2.24, 2.45) is 10.7 Å². The lowest BCUT2D eigenvalue weighted by Crippen LogP contribution is -2.58. The molecule has 0 radical (unpaired) electrons. The van der Waals surface area contributed by atoms with Crippen LogP contribution in [0.5, 0.6) is 0 Å². The van der Waals surface area contributed by atoms with Gasteiger partial charge in [0, 0.05) is 31.9 Å². The lowest BCUT2D eigenvalue weighted by Gasteiger charge is -2.40. The van der Waals surface area contributed by atoms with Crippen molar-refractivity contribution in [2.75, 3.05) is 33.0 Å². The summed E-state index contributed by atoms with van der Waals surface area (Å²) in [5.41, 5.74) is 5.75. The Bertz CT molecular complexity index is 316. The van der Waals surface area contributed by atoms with Crippen LogP contribution in [0.2, 0.25) is 0 Å². The summed E-state index contributed by atoms with van der Waals surface area (Å²) in [6.45, 7) is 4.35. The van der Waals surface area contributed by atoms with Crippen molar-refractivity contribution in [3.8, 4) is 0 Å². The van der Waals surface area contributed by atoms with Crippen molar-refractivity contribution >= 4 is 5.84 Å². The molecular formula is C11H18N4O. The minimum Gasteiger partial charge on any atom is -0.379 e. The molecule has 3 heterocycles. The van der Waals surface area contributed by atoms with Gasteiger partial charge in [-0.1, -0.05) is 0 Å². The Morgan fingerprint density at radius 3 is 2.88 bits per heavy atom. The highest BCUT2D eigenvalue weighted by Gasteiger charge is 2.27. The van der Waals surface area contributed by atoms with E-state index < -0.39 is 0 Å². The first-order valence-corrected chi connectivity index (χ1v) is 5.89. The van der Waals surface area contributed by atoms with E-state index in [1.165, 1.54) is 0 Å². The van der Waals surface area contributed by atoms with Crippen LogP contribution in [0, 0.1) is 0 Å². The van der Waals surface area contributed by atoms with Gasteiger partial charge in [-0.3, -0.25) is 0 Å². The number of nitrogens with two attached hydrogens (primary N) is 1. The molecule has 0 saturated carbocycles. The lowest BCUT2D eigenvalue weighted by atomic mass is 10.1. The molecule has 0 aromatic carbocycles. The van der Waals surface area contributed by atoms with Crippen LogP contribution in [-0.2, 0) is 4.74 Å². The maximum Gasteiger partial charge on any atom is 0.127 e. The topological polar surface area (TPSA) is 54.1 Å². The maximum atomic E-state index is 5.75. The van der Waals surface area contributed by atoms with E-state index in [1.807, 2.05) is 0 Å². The summed E-state index contributed by atoms with van der Waals surface area (Å²) >= 11 is 0. The molecule has 88 valence electrons. The van der Waals surface area contributed by atoms with Gasteiger partial charge < -0.3 is 20.3 Å². The molecule has 0 aromatic heterocycles. The zero-order valence-corrected chi connectivity index (χ0v) is 9.38. The highest BCUT2D eigenvalue weighted by atomic mass is 16.5. The van der Waals surface area contributed by atoms with E-state index in [0.29, 0.717) is 12.1 Å². The maximum absolute atomic E-state index is 5.75. The zero-order valence-electron chi connectivity index (χ0n) is 9.38. The number of hydrogen-bond donors (Lipinski definition) is 1. The summed E-state index contributed by atoms with van der Waals surface area (Å²) in [6, 6.07) is 0.845. The van der Waals surface area contributed by atoms with Crippen molar-refractivity contribution in [1.29, 1.82) is 0 Å². The van der Waals surface area contributed by atoms with Gasteiger partial charge in [0.25, 0.3) is 0 Å². The van der Waals surface area contributed by atoms with Crippen molar-refractivity contribution in [3.05, 3.63) is 12.3 Å². The second-order valence-electron chi connectivity index (χ2n) is 4.67. The van der Waals surface area contributed by atoms with E-state index in [4.69, 9.17) is 10.5 Å². The molecule has 2 fully saturated rings. The van der Waals surface area contributed by atoms with Crippen molar-refractivity contribution in [2.45, 2.75) is 18.5 Å². The summed E-state index contributed by atoms with van der Waals surface area (Å²) in [7, 11) is 0. The SMILES string of the molecule is NC1CN(C2=NCN([C@@H]3CCOC3)C=C2)C1. The number of ether oxygens (including phenoxy) is 1. The molecule has 5 nitrogen and oxygen atoms in total. The third kappa shape index (κ3) is 1.81. The number of aliphatic imine (C=N–C) groups is 1. The Balaban J connectivity index is 1.56. The van der Waals surface area contributed by atoms with E-state index in [9.17, 15) is 0 Å². The van der Waals surface area contributed by atoms with Gasteiger partial charge in [-0.15, -0.1) is 0 Å². The van der Waals surface area contributed by atoms with Crippen LogP contribution in [0.4, 0.5) is 0 Å². The minimum atomic E-state index is 0.331. The van der Waals surface area contributed by atoms with Gasteiger partial charge in [0.05, 0.1) is 12.6 Å². The highest BCUT2D eigenvalue weighted by molar-refractivity contribution is 5.94. The Morgan fingerprint density at radius 1 is 1.44 bits per heavy atom. The molecule has 0 aromatic rings. The fourth-order valence-corrected chi connectivity index (χ4v) is 2.34. The molecule has 0 aliphatic carbocycles. The molecule has 0 bridgehead atoms. The molecule has 3 rings (SSSR count). The van der Waals surface area contributed by atoms with Crippen LogP contribution in [0.25, 0.3) is 0 Å². The zero-order chi connectivity index (χ0) is 11.0. The minimum absolute atomic E-state index is 0.331. The number of nitrogens with zero attached hydrogens (tertiary/aromatic N) is 3. The van der Waals surface area contributed by atoms with Crippen molar-refractivity contribution in [1.82, 2.24) is 9.80 Å². The molecular weight excluding hydrogens is 204 g/mol. The van der Waals surface area contributed by atoms with Crippen LogP contribution in [0.3, 0.4) is 0 Å². The molecule has 3 aliphatic heterocycles. The summed E-state index contributed by atoms with van der Waals surface area (Å²) < 4.78 is 5.38. The van der Waals surface area contributed by atoms with E-state index in [-0.39, 0.29) is 0 Å². The monoisotopic (exact) mass is 222 g/mol. The Kier molecular flexibility index (Phi) is 2.57. The molecule has 5 heteroatoms. The first-order chi connectivity index (χ1) is 7.83. The van der Waals surface area contributed by atoms with Gasteiger partial charge in [-0.2, -0.15) is 0 Å². The fraction of sp³-hybridized carbons (Fsp3) is 0.727. The smallest absolute Gasteiger partial charge is 0.127 e. The normalized spacial score (nSPS) is 30.6. The first-order valence-electron chi connectivity index (χ1n) is 5.89.